The minimum absolute atomic E-state index is 0.556. The van der Waals surface area contributed by atoms with Crippen LogP contribution in [0.4, 0.5) is 0 Å². The second-order valence-corrected chi connectivity index (χ2v) is 3.86. The topological polar surface area (TPSA) is 58.6 Å². The number of hydrogen-bond donors (Lipinski definition) is 2. The lowest BCUT2D eigenvalue weighted by Gasteiger charge is -2.15. The van der Waals surface area contributed by atoms with E-state index in [9.17, 15) is 4.79 Å². The van der Waals surface area contributed by atoms with Gasteiger partial charge >= 0.3 is 5.97 Å². The van der Waals surface area contributed by atoms with Crippen molar-refractivity contribution in [1.82, 2.24) is 5.32 Å². The predicted octanol–water partition coefficient (Wildman–Crippen LogP) is 1.80. The third-order valence-electron chi connectivity index (χ3n) is 2.04. The molecule has 1 atom stereocenters. The summed E-state index contributed by atoms with van der Waals surface area (Å²) >= 11 is 3.30. The molecule has 1 aromatic rings. The number of benzene rings is 1. The van der Waals surface area contributed by atoms with E-state index in [1.807, 2.05) is 0 Å². The zero-order valence-corrected chi connectivity index (χ0v) is 10.0. The Balaban J connectivity index is 3.19. The second kappa shape index (κ2) is 5.14. The van der Waals surface area contributed by atoms with E-state index in [0.29, 0.717) is 11.3 Å². The molecule has 0 saturated heterocycles. The molecule has 0 amide bonds. The zero-order chi connectivity index (χ0) is 11.4. The number of carboxylic acid groups (broad SMARTS) is 1. The molecule has 1 unspecified atom stereocenters. The summed E-state index contributed by atoms with van der Waals surface area (Å²) in [5, 5.41) is 11.7. The normalized spacial score (nSPS) is 12.2. The van der Waals surface area contributed by atoms with Crippen molar-refractivity contribution in [3.05, 3.63) is 28.2 Å². The lowest BCUT2D eigenvalue weighted by molar-refractivity contribution is -0.139. The van der Waals surface area contributed by atoms with E-state index in [-0.39, 0.29) is 0 Å². The monoisotopic (exact) mass is 273 g/mol. The SMILES string of the molecule is CNC(C(=O)O)c1cc(Br)ccc1OC. The van der Waals surface area contributed by atoms with Crippen LogP contribution in [0.25, 0.3) is 0 Å². The van der Waals surface area contributed by atoms with Crippen molar-refractivity contribution >= 4 is 21.9 Å². The fourth-order valence-electron chi connectivity index (χ4n) is 1.34. The molecule has 1 rings (SSSR count). The van der Waals surface area contributed by atoms with Gasteiger partial charge in [0.15, 0.2) is 0 Å². The van der Waals surface area contributed by atoms with Gasteiger partial charge in [-0.3, -0.25) is 4.79 Å². The number of carbonyl (C=O) groups is 1. The van der Waals surface area contributed by atoms with Crippen LogP contribution in [0.15, 0.2) is 22.7 Å². The largest absolute Gasteiger partial charge is 0.496 e. The molecular formula is C10H12BrNO3. The second-order valence-electron chi connectivity index (χ2n) is 2.95. The van der Waals surface area contributed by atoms with Gasteiger partial charge in [0, 0.05) is 10.0 Å². The number of rotatable bonds is 4. The predicted molar refractivity (Wildman–Crippen MR) is 60.1 cm³/mol. The van der Waals surface area contributed by atoms with Gasteiger partial charge < -0.3 is 15.2 Å². The minimum atomic E-state index is -0.936. The average Bonchev–Trinajstić information content (AvgIpc) is 2.18. The van der Waals surface area contributed by atoms with E-state index in [0.717, 1.165) is 4.47 Å². The van der Waals surface area contributed by atoms with Gasteiger partial charge in [-0.2, -0.15) is 0 Å². The summed E-state index contributed by atoms with van der Waals surface area (Å²) in [7, 11) is 3.11. The van der Waals surface area contributed by atoms with E-state index in [2.05, 4.69) is 21.2 Å². The Bertz CT molecular complexity index is 368. The van der Waals surface area contributed by atoms with Crippen LogP contribution in [-0.4, -0.2) is 25.2 Å². The van der Waals surface area contributed by atoms with Gasteiger partial charge in [0.25, 0.3) is 0 Å². The maximum atomic E-state index is 11.0. The molecule has 15 heavy (non-hydrogen) atoms. The number of likely N-dealkylation sites (N-methyl/N-ethyl adjacent to an activating group) is 1. The number of aliphatic carboxylic acids is 1. The first-order valence-electron chi connectivity index (χ1n) is 4.33. The van der Waals surface area contributed by atoms with Crippen LogP contribution in [-0.2, 0) is 4.79 Å². The fourth-order valence-corrected chi connectivity index (χ4v) is 1.72. The van der Waals surface area contributed by atoms with Crippen LogP contribution in [0, 0.1) is 0 Å². The highest BCUT2D eigenvalue weighted by atomic mass is 79.9. The highest BCUT2D eigenvalue weighted by Crippen LogP contribution is 2.28. The van der Waals surface area contributed by atoms with Crippen LogP contribution < -0.4 is 10.1 Å². The molecular weight excluding hydrogens is 262 g/mol. The number of nitrogens with one attached hydrogen (secondary N) is 1. The third kappa shape index (κ3) is 2.70. The van der Waals surface area contributed by atoms with Crippen molar-refractivity contribution < 1.29 is 14.6 Å². The minimum Gasteiger partial charge on any atom is -0.496 e. The number of carboxylic acids is 1. The van der Waals surface area contributed by atoms with Crippen LogP contribution in [0.5, 0.6) is 5.75 Å². The summed E-state index contributed by atoms with van der Waals surface area (Å²) in [6.45, 7) is 0. The molecule has 0 aliphatic carbocycles. The lowest BCUT2D eigenvalue weighted by Crippen LogP contribution is -2.25. The van der Waals surface area contributed by atoms with Gasteiger partial charge in [-0.1, -0.05) is 15.9 Å². The first-order chi connectivity index (χ1) is 7.10. The summed E-state index contributed by atoms with van der Waals surface area (Å²) in [6.07, 6.45) is 0. The summed E-state index contributed by atoms with van der Waals surface area (Å²) in [6, 6.07) is 4.50. The van der Waals surface area contributed by atoms with E-state index in [4.69, 9.17) is 9.84 Å². The number of halogens is 1. The molecule has 4 nitrogen and oxygen atoms in total. The zero-order valence-electron chi connectivity index (χ0n) is 8.45. The van der Waals surface area contributed by atoms with Crippen LogP contribution in [0.1, 0.15) is 11.6 Å². The maximum absolute atomic E-state index is 11.0. The van der Waals surface area contributed by atoms with Crippen molar-refractivity contribution in [2.75, 3.05) is 14.2 Å². The van der Waals surface area contributed by atoms with Crippen molar-refractivity contribution in [2.45, 2.75) is 6.04 Å². The first kappa shape index (κ1) is 12.0. The summed E-state index contributed by atoms with van der Waals surface area (Å²) in [5.41, 5.74) is 0.599. The van der Waals surface area contributed by atoms with Crippen molar-refractivity contribution in [3.63, 3.8) is 0 Å². The van der Waals surface area contributed by atoms with Gasteiger partial charge in [-0.05, 0) is 25.2 Å². The summed E-state index contributed by atoms with van der Waals surface area (Å²) < 4.78 is 5.93. The summed E-state index contributed by atoms with van der Waals surface area (Å²) in [4.78, 5) is 11.0. The first-order valence-corrected chi connectivity index (χ1v) is 5.13. The van der Waals surface area contributed by atoms with Crippen molar-refractivity contribution in [3.8, 4) is 5.75 Å². The molecule has 0 aromatic heterocycles. The quantitative estimate of drug-likeness (QED) is 0.879. The standard InChI is InChI=1S/C10H12BrNO3/c1-12-9(10(13)14)7-5-6(11)3-4-8(7)15-2/h3-5,9,12H,1-2H3,(H,13,14). The number of hydrogen-bond acceptors (Lipinski definition) is 3. The Hall–Kier alpha value is -1.07. The summed E-state index contributed by atoms with van der Waals surface area (Å²) in [5.74, 6) is -0.381. The van der Waals surface area contributed by atoms with Gasteiger partial charge in [0.1, 0.15) is 11.8 Å². The van der Waals surface area contributed by atoms with Crippen LogP contribution in [0.3, 0.4) is 0 Å². The van der Waals surface area contributed by atoms with Crippen LogP contribution in [0.2, 0.25) is 0 Å². The third-order valence-corrected chi connectivity index (χ3v) is 2.53. The highest BCUT2D eigenvalue weighted by molar-refractivity contribution is 9.10. The smallest absolute Gasteiger partial charge is 0.325 e. The molecule has 0 fully saturated rings. The Morgan fingerprint density at radius 3 is 2.73 bits per heavy atom. The van der Waals surface area contributed by atoms with E-state index >= 15 is 0 Å². The van der Waals surface area contributed by atoms with Gasteiger partial charge in [0.2, 0.25) is 0 Å². The highest BCUT2D eigenvalue weighted by Gasteiger charge is 2.21. The molecule has 2 N–H and O–H groups in total. The van der Waals surface area contributed by atoms with E-state index < -0.39 is 12.0 Å². The van der Waals surface area contributed by atoms with Gasteiger partial charge in [-0.15, -0.1) is 0 Å². The van der Waals surface area contributed by atoms with Crippen molar-refractivity contribution in [2.24, 2.45) is 0 Å². The Morgan fingerprint density at radius 2 is 2.27 bits per heavy atom. The fraction of sp³-hybridized carbons (Fsp3) is 0.300. The Labute approximate surface area is 96.4 Å². The molecule has 0 radical (unpaired) electrons. The Morgan fingerprint density at radius 1 is 1.60 bits per heavy atom. The number of ether oxygens (including phenoxy) is 1. The van der Waals surface area contributed by atoms with Crippen molar-refractivity contribution in [1.29, 1.82) is 0 Å². The molecule has 0 heterocycles. The van der Waals surface area contributed by atoms with E-state index in [1.165, 1.54) is 7.11 Å². The molecule has 0 spiro atoms. The molecule has 0 aliphatic heterocycles. The van der Waals surface area contributed by atoms with E-state index in [1.54, 1.807) is 25.2 Å². The molecule has 0 aliphatic rings. The molecule has 0 bridgehead atoms. The lowest BCUT2D eigenvalue weighted by atomic mass is 10.1. The van der Waals surface area contributed by atoms with Gasteiger partial charge in [0.05, 0.1) is 7.11 Å². The van der Waals surface area contributed by atoms with Crippen LogP contribution >= 0.6 is 15.9 Å². The Kier molecular flexibility index (Phi) is 4.11. The van der Waals surface area contributed by atoms with Gasteiger partial charge in [-0.25, -0.2) is 0 Å². The average molecular weight is 274 g/mol. The number of methoxy groups -OCH3 is 1. The maximum Gasteiger partial charge on any atom is 0.325 e. The molecule has 0 saturated carbocycles. The molecule has 82 valence electrons. The molecule has 1 aromatic carbocycles. The molecule has 5 heteroatoms.